The summed E-state index contributed by atoms with van der Waals surface area (Å²) in [6.07, 6.45) is 4.25. The van der Waals surface area contributed by atoms with Gasteiger partial charge in [-0.05, 0) is 73.3 Å². The number of aryl methyl sites for hydroxylation is 1. The molecule has 2 heteroatoms. The van der Waals surface area contributed by atoms with Gasteiger partial charge in [-0.2, -0.15) is 0 Å². The first kappa shape index (κ1) is 18.5. The first-order valence-corrected chi connectivity index (χ1v) is 9.40. The van der Waals surface area contributed by atoms with Crippen LogP contribution in [0.1, 0.15) is 76.7 Å². The minimum absolute atomic E-state index is 0.137. The Morgan fingerprint density at radius 3 is 2.48 bits per heavy atom. The van der Waals surface area contributed by atoms with Gasteiger partial charge in [0.15, 0.2) is 0 Å². The maximum atomic E-state index is 11.0. The standard InChI is InChI=1S/C21H35NO/c1-6-22(7-2)14-13-17-10-8-9-16-11-12-18(21(3,4)5)15-19(16)20(17)23/h11-12,15,17,20,23H,6-10,13-14H2,1-5H3. The van der Waals surface area contributed by atoms with Crippen LogP contribution in [0, 0.1) is 5.92 Å². The average Bonchev–Trinajstić information content (AvgIpc) is 2.67. The van der Waals surface area contributed by atoms with Gasteiger partial charge in [0.2, 0.25) is 0 Å². The monoisotopic (exact) mass is 317 g/mol. The van der Waals surface area contributed by atoms with Crippen molar-refractivity contribution in [3.8, 4) is 0 Å². The predicted molar refractivity (Wildman–Crippen MR) is 98.9 cm³/mol. The van der Waals surface area contributed by atoms with E-state index in [1.54, 1.807) is 0 Å². The maximum absolute atomic E-state index is 11.0. The predicted octanol–water partition coefficient (Wildman–Crippen LogP) is 4.70. The van der Waals surface area contributed by atoms with E-state index in [1.807, 2.05) is 0 Å². The Kier molecular flexibility index (Phi) is 6.27. The van der Waals surface area contributed by atoms with Crippen molar-refractivity contribution in [2.24, 2.45) is 5.92 Å². The fourth-order valence-electron chi connectivity index (χ4n) is 3.72. The molecule has 0 bridgehead atoms. The highest BCUT2D eigenvalue weighted by molar-refractivity contribution is 5.37. The normalized spacial score (nSPS) is 22.0. The minimum atomic E-state index is -0.301. The summed E-state index contributed by atoms with van der Waals surface area (Å²) < 4.78 is 0. The van der Waals surface area contributed by atoms with Gasteiger partial charge in [-0.1, -0.05) is 52.8 Å². The Labute approximate surface area is 142 Å². The molecule has 0 aromatic heterocycles. The maximum Gasteiger partial charge on any atom is 0.0821 e. The van der Waals surface area contributed by atoms with Crippen LogP contribution in [0.25, 0.3) is 0 Å². The van der Waals surface area contributed by atoms with Crippen molar-refractivity contribution in [1.82, 2.24) is 4.90 Å². The highest BCUT2D eigenvalue weighted by atomic mass is 16.3. The first-order chi connectivity index (χ1) is 10.9. The van der Waals surface area contributed by atoms with Crippen molar-refractivity contribution >= 4 is 0 Å². The summed E-state index contributed by atoms with van der Waals surface area (Å²) >= 11 is 0. The zero-order chi connectivity index (χ0) is 17.0. The van der Waals surface area contributed by atoms with E-state index in [9.17, 15) is 5.11 Å². The van der Waals surface area contributed by atoms with Gasteiger partial charge >= 0.3 is 0 Å². The van der Waals surface area contributed by atoms with E-state index in [2.05, 4.69) is 57.7 Å². The van der Waals surface area contributed by atoms with E-state index in [-0.39, 0.29) is 11.5 Å². The van der Waals surface area contributed by atoms with Crippen LogP contribution in [0.4, 0.5) is 0 Å². The van der Waals surface area contributed by atoms with Crippen molar-refractivity contribution in [3.05, 3.63) is 34.9 Å². The number of nitrogens with zero attached hydrogens (tertiary/aromatic N) is 1. The molecule has 0 saturated heterocycles. The smallest absolute Gasteiger partial charge is 0.0821 e. The Morgan fingerprint density at radius 1 is 1.17 bits per heavy atom. The number of fused-ring (bicyclic) bond motifs is 1. The molecule has 0 heterocycles. The van der Waals surface area contributed by atoms with Gasteiger partial charge < -0.3 is 10.0 Å². The summed E-state index contributed by atoms with van der Waals surface area (Å²) in [7, 11) is 0. The van der Waals surface area contributed by atoms with Gasteiger partial charge in [0.25, 0.3) is 0 Å². The van der Waals surface area contributed by atoms with E-state index in [0.29, 0.717) is 5.92 Å². The Bertz CT molecular complexity index is 499. The Morgan fingerprint density at radius 2 is 1.87 bits per heavy atom. The lowest BCUT2D eigenvalue weighted by Gasteiger charge is -2.27. The van der Waals surface area contributed by atoms with Crippen LogP contribution >= 0.6 is 0 Å². The SMILES string of the molecule is CCN(CC)CCC1CCCc2ccc(C(C)(C)C)cc2C1O. The quantitative estimate of drug-likeness (QED) is 0.796. The van der Waals surface area contributed by atoms with Crippen molar-refractivity contribution in [2.75, 3.05) is 19.6 Å². The molecule has 0 amide bonds. The van der Waals surface area contributed by atoms with Crippen molar-refractivity contribution in [1.29, 1.82) is 0 Å². The number of aliphatic hydroxyl groups excluding tert-OH is 1. The van der Waals surface area contributed by atoms with E-state index in [1.165, 1.54) is 23.1 Å². The number of benzene rings is 1. The minimum Gasteiger partial charge on any atom is -0.388 e. The largest absolute Gasteiger partial charge is 0.388 e. The second kappa shape index (κ2) is 7.81. The summed E-state index contributed by atoms with van der Waals surface area (Å²) in [6.45, 7) is 14.5. The van der Waals surface area contributed by atoms with Crippen LogP contribution < -0.4 is 0 Å². The molecule has 1 N–H and O–H groups in total. The Hall–Kier alpha value is -0.860. The fourth-order valence-corrected chi connectivity index (χ4v) is 3.72. The number of aliphatic hydroxyl groups is 1. The molecule has 1 aliphatic rings. The lowest BCUT2D eigenvalue weighted by atomic mass is 9.83. The van der Waals surface area contributed by atoms with E-state index >= 15 is 0 Å². The second-order valence-electron chi connectivity index (χ2n) is 8.08. The van der Waals surface area contributed by atoms with Gasteiger partial charge in [-0.25, -0.2) is 0 Å². The molecule has 1 aliphatic carbocycles. The zero-order valence-corrected chi connectivity index (χ0v) is 15.7. The molecule has 2 atom stereocenters. The third-order valence-electron chi connectivity index (χ3n) is 5.51. The van der Waals surface area contributed by atoms with Gasteiger partial charge in [-0.3, -0.25) is 0 Å². The second-order valence-corrected chi connectivity index (χ2v) is 8.08. The van der Waals surface area contributed by atoms with Crippen molar-refractivity contribution < 1.29 is 5.11 Å². The average molecular weight is 318 g/mol. The summed E-state index contributed by atoms with van der Waals surface area (Å²) in [4.78, 5) is 2.46. The summed E-state index contributed by atoms with van der Waals surface area (Å²) in [5, 5.41) is 11.0. The van der Waals surface area contributed by atoms with E-state index in [0.717, 1.165) is 38.9 Å². The molecular weight excluding hydrogens is 282 g/mol. The molecule has 0 aliphatic heterocycles. The molecule has 1 aromatic rings. The number of hydrogen-bond donors (Lipinski definition) is 1. The zero-order valence-electron chi connectivity index (χ0n) is 15.7. The summed E-state index contributed by atoms with van der Waals surface area (Å²) in [5.74, 6) is 0.395. The fraction of sp³-hybridized carbons (Fsp3) is 0.714. The number of rotatable bonds is 5. The molecule has 0 fully saturated rings. The van der Waals surface area contributed by atoms with Gasteiger partial charge in [0.05, 0.1) is 6.10 Å². The Balaban J connectivity index is 2.19. The van der Waals surface area contributed by atoms with E-state index in [4.69, 9.17) is 0 Å². The molecule has 2 rings (SSSR count). The summed E-state index contributed by atoms with van der Waals surface area (Å²) in [6, 6.07) is 6.78. The summed E-state index contributed by atoms with van der Waals surface area (Å²) in [5.41, 5.74) is 4.02. The third kappa shape index (κ3) is 4.58. The molecule has 2 nitrogen and oxygen atoms in total. The van der Waals surface area contributed by atoms with Crippen LogP contribution in [0.5, 0.6) is 0 Å². The van der Waals surface area contributed by atoms with Crippen LogP contribution in [0.15, 0.2) is 18.2 Å². The van der Waals surface area contributed by atoms with Gasteiger partial charge in [0.1, 0.15) is 0 Å². The third-order valence-corrected chi connectivity index (χ3v) is 5.51. The molecule has 0 spiro atoms. The van der Waals surface area contributed by atoms with Crippen molar-refractivity contribution in [3.63, 3.8) is 0 Å². The van der Waals surface area contributed by atoms with Gasteiger partial charge in [0, 0.05) is 0 Å². The molecule has 2 unspecified atom stereocenters. The van der Waals surface area contributed by atoms with Gasteiger partial charge in [-0.15, -0.1) is 0 Å². The lowest BCUT2D eigenvalue weighted by molar-refractivity contribution is 0.0915. The first-order valence-electron chi connectivity index (χ1n) is 9.40. The molecule has 0 radical (unpaired) electrons. The number of hydrogen-bond acceptors (Lipinski definition) is 2. The topological polar surface area (TPSA) is 23.5 Å². The lowest BCUT2D eigenvalue weighted by Crippen LogP contribution is -2.27. The van der Waals surface area contributed by atoms with Crippen LogP contribution in [0.3, 0.4) is 0 Å². The molecule has 1 aromatic carbocycles. The molecule has 23 heavy (non-hydrogen) atoms. The molecule has 0 saturated carbocycles. The van der Waals surface area contributed by atoms with Crippen LogP contribution in [-0.2, 0) is 11.8 Å². The molecular formula is C21H35NO. The van der Waals surface area contributed by atoms with E-state index < -0.39 is 0 Å². The van der Waals surface area contributed by atoms with Crippen LogP contribution in [0.2, 0.25) is 0 Å². The highest BCUT2D eigenvalue weighted by Crippen LogP contribution is 2.37. The highest BCUT2D eigenvalue weighted by Gasteiger charge is 2.27. The van der Waals surface area contributed by atoms with Crippen LogP contribution in [-0.4, -0.2) is 29.6 Å². The van der Waals surface area contributed by atoms with Crippen molar-refractivity contribution in [2.45, 2.75) is 71.8 Å². The molecule has 130 valence electrons.